The number of carbonyl (C=O) groups excluding carboxylic acids is 1. The van der Waals surface area contributed by atoms with E-state index in [0.717, 1.165) is 16.9 Å². The summed E-state index contributed by atoms with van der Waals surface area (Å²) in [6, 6.07) is 19.4. The van der Waals surface area contributed by atoms with Gasteiger partial charge in [-0.2, -0.15) is 0 Å². The molecule has 0 spiro atoms. The van der Waals surface area contributed by atoms with Gasteiger partial charge in [0.2, 0.25) is 5.91 Å². The average Bonchev–Trinajstić information content (AvgIpc) is 2.69. The largest absolute Gasteiger partial charge is 0.340 e. The molecular weight excluding hydrogens is 348 g/mol. The standard InChI is InChI=1S/C23H22N4O/c1-3-4-6-14-23(28)27-20-13-9-12-19(15-20)26-22-16-21(24-17(2)25-22)18-10-7-5-8-11-18/h3-16H,1-2H3,(H,27,28)(H,24,25,26)/b4-3+,14-6+. The monoisotopic (exact) mass is 370 g/mol. The second-order valence-corrected chi connectivity index (χ2v) is 6.13. The summed E-state index contributed by atoms with van der Waals surface area (Å²) in [4.78, 5) is 20.9. The molecule has 28 heavy (non-hydrogen) atoms. The average molecular weight is 370 g/mol. The SMILES string of the molecule is C/C=C/C=C/C(=O)Nc1cccc(Nc2cc(-c3ccccc3)nc(C)n2)c1. The van der Waals surface area contributed by atoms with Crippen LogP contribution >= 0.6 is 0 Å². The van der Waals surface area contributed by atoms with Gasteiger partial charge in [-0.1, -0.05) is 54.6 Å². The van der Waals surface area contributed by atoms with Gasteiger partial charge in [0.05, 0.1) is 5.69 Å². The molecule has 0 aliphatic heterocycles. The van der Waals surface area contributed by atoms with Crippen LogP contribution in [0.1, 0.15) is 12.7 Å². The minimum Gasteiger partial charge on any atom is -0.340 e. The van der Waals surface area contributed by atoms with Crippen molar-refractivity contribution in [2.75, 3.05) is 10.6 Å². The normalized spacial score (nSPS) is 11.1. The van der Waals surface area contributed by atoms with Crippen molar-refractivity contribution in [2.24, 2.45) is 0 Å². The second kappa shape index (κ2) is 9.28. The number of rotatable bonds is 6. The molecule has 3 rings (SSSR count). The van der Waals surface area contributed by atoms with Crippen molar-refractivity contribution in [3.05, 3.63) is 90.8 Å². The predicted molar refractivity (Wildman–Crippen MR) is 115 cm³/mol. The maximum Gasteiger partial charge on any atom is 0.248 e. The molecule has 0 unspecified atom stereocenters. The molecule has 0 bridgehead atoms. The van der Waals surface area contributed by atoms with E-state index < -0.39 is 0 Å². The summed E-state index contributed by atoms with van der Waals surface area (Å²) >= 11 is 0. The minimum absolute atomic E-state index is 0.181. The topological polar surface area (TPSA) is 66.9 Å². The Morgan fingerprint density at radius 3 is 2.50 bits per heavy atom. The van der Waals surface area contributed by atoms with Crippen LogP contribution in [-0.4, -0.2) is 15.9 Å². The fraction of sp³-hybridized carbons (Fsp3) is 0.0870. The van der Waals surface area contributed by atoms with Gasteiger partial charge in [-0.25, -0.2) is 9.97 Å². The van der Waals surface area contributed by atoms with Crippen LogP contribution < -0.4 is 10.6 Å². The number of carbonyl (C=O) groups is 1. The van der Waals surface area contributed by atoms with E-state index in [-0.39, 0.29) is 5.91 Å². The van der Waals surface area contributed by atoms with Gasteiger partial charge < -0.3 is 10.6 Å². The van der Waals surface area contributed by atoms with Gasteiger partial charge in [-0.3, -0.25) is 4.79 Å². The van der Waals surface area contributed by atoms with Crippen LogP contribution in [0.25, 0.3) is 11.3 Å². The predicted octanol–water partition coefficient (Wildman–Crippen LogP) is 5.27. The van der Waals surface area contributed by atoms with Crippen LogP contribution in [-0.2, 0) is 4.79 Å². The van der Waals surface area contributed by atoms with E-state index in [1.54, 1.807) is 12.2 Å². The zero-order valence-electron chi connectivity index (χ0n) is 15.9. The number of allylic oxidation sites excluding steroid dienone is 3. The molecule has 140 valence electrons. The molecule has 0 aliphatic rings. The molecule has 5 nitrogen and oxygen atoms in total. The smallest absolute Gasteiger partial charge is 0.248 e. The Balaban J connectivity index is 1.77. The lowest BCUT2D eigenvalue weighted by atomic mass is 10.1. The number of anilines is 3. The van der Waals surface area contributed by atoms with Crippen molar-refractivity contribution >= 4 is 23.1 Å². The third-order valence-electron chi connectivity index (χ3n) is 3.86. The highest BCUT2D eigenvalue weighted by molar-refractivity contribution is 5.99. The summed E-state index contributed by atoms with van der Waals surface area (Å²) in [6.07, 6.45) is 6.85. The van der Waals surface area contributed by atoms with Gasteiger partial charge in [-0.15, -0.1) is 0 Å². The maximum absolute atomic E-state index is 11.9. The number of nitrogens with zero attached hydrogens (tertiary/aromatic N) is 2. The van der Waals surface area contributed by atoms with Crippen molar-refractivity contribution in [1.82, 2.24) is 9.97 Å². The third-order valence-corrected chi connectivity index (χ3v) is 3.86. The lowest BCUT2D eigenvalue weighted by molar-refractivity contribution is -0.111. The lowest BCUT2D eigenvalue weighted by Crippen LogP contribution is -2.08. The Kier molecular flexibility index (Phi) is 6.31. The number of aryl methyl sites for hydroxylation is 1. The number of nitrogens with one attached hydrogen (secondary N) is 2. The quantitative estimate of drug-likeness (QED) is 0.458. The highest BCUT2D eigenvalue weighted by Gasteiger charge is 2.06. The highest BCUT2D eigenvalue weighted by atomic mass is 16.1. The molecule has 0 saturated heterocycles. The van der Waals surface area contributed by atoms with Crippen LogP contribution in [0.5, 0.6) is 0 Å². The van der Waals surface area contributed by atoms with Crippen LogP contribution in [0.3, 0.4) is 0 Å². The molecule has 2 aromatic carbocycles. The molecule has 0 saturated carbocycles. The van der Waals surface area contributed by atoms with E-state index in [1.165, 1.54) is 6.08 Å². The summed E-state index contributed by atoms with van der Waals surface area (Å²) in [7, 11) is 0. The fourth-order valence-electron chi connectivity index (χ4n) is 2.65. The van der Waals surface area contributed by atoms with E-state index in [4.69, 9.17) is 0 Å². The van der Waals surface area contributed by atoms with E-state index in [9.17, 15) is 4.79 Å². The number of hydrogen-bond acceptors (Lipinski definition) is 4. The summed E-state index contributed by atoms with van der Waals surface area (Å²) in [5, 5.41) is 6.13. The Morgan fingerprint density at radius 1 is 0.929 bits per heavy atom. The van der Waals surface area contributed by atoms with Gasteiger partial charge in [0.25, 0.3) is 0 Å². The summed E-state index contributed by atoms with van der Waals surface area (Å²) in [5.74, 6) is 1.20. The first-order valence-corrected chi connectivity index (χ1v) is 9.02. The first-order chi connectivity index (χ1) is 13.6. The van der Waals surface area contributed by atoms with Crippen molar-refractivity contribution in [3.8, 4) is 11.3 Å². The van der Waals surface area contributed by atoms with Gasteiger partial charge >= 0.3 is 0 Å². The summed E-state index contributed by atoms with van der Waals surface area (Å²) in [5.41, 5.74) is 3.42. The third kappa shape index (κ3) is 5.38. The fourth-order valence-corrected chi connectivity index (χ4v) is 2.65. The van der Waals surface area contributed by atoms with Crippen molar-refractivity contribution < 1.29 is 4.79 Å². The van der Waals surface area contributed by atoms with Crippen LogP contribution in [0.4, 0.5) is 17.2 Å². The minimum atomic E-state index is -0.181. The molecular formula is C23H22N4O. The zero-order valence-corrected chi connectivity index (χ0v) is 15.9. The van der Waals surface area contributed by atoms with Crippen LogP contribution in [0.15, 0.2) is 85.0 Å². The van der Waals surface area contributed by atoms with Crippen molar-refractivity contribution in [1.29, 1.82) is 0 Å². The molecule has 5 heteroatoms. The van der Waals surface area contributed by atoms with E-state index in [1.807, 2.05) is 80.6 Å². The Labute approximate surface area is 164 Å². The zero-order chi connectivity index (χ0) is 19.8. The number of aromatic nitrogens is 2. The molecule has 1 amide bonds. The van der Waals surface area contributed by atoms with Gasteiger partial charge in [0.15, 0.2) is 0 Å². The molecule has 3 aromatic rings. The van der Waals surface area contributed by atoms with Crippen molar-refractivity contribution in [3.63, 3.8) is 0 Å². The van der Waals surface area contributed by atoms with Crippen LogP contribution in [0.2, 0.25) is 0 Å². The molecule has 0 aliphatic carbocycles. The first kappa shape index (κ1) is 19.0. The Hall–Kier alpha value is -3.73. The molecule has 2 N–H and O–H groups in total. The highest BCUT2D eigenvalue weighted by Crippen LogP contribution is 2.23. The van der Waals surface area contributed by atoms with Crippen LogP contribution in [0, 0.1) is 6.92 Å². The lowest BCUT2D eigenvalue weighted by Gasteiger charge is -2.10. The second-order valence-electron chi connectivity index (χ2n) is 6.13. The maximum atomic E-state index is 11.9. The molecule has 1 aromatic heterocycles. The number of amides is 1. The van der Waals surface area contributed by atoms with Gasteiger partial charge in [0.1, 0.15) is 11.6 Å². The number of benzene rings is 2. The van der Waals surface area contributed by atoms with E-state index >= 15 is 0 Å². The Bertz CT molecular complexity index is 1010. The Morgan fingerprint density at radius 2 is 1.71 bits per heavy atom. The molecule has 0 atom stereocenters. The molecule has 0 fully saturated rings. The van der Waals surface area contributed by atoms with Crippen molar-refractivity contribution in [2.45, 2.75) is 13.8 Å². The van der Waals surface area contributed by atoms with Gasteiger partial charge in [0, 0.05) is 29.1 Å². The molecule has 0 radical (unpaired) electrons. The van der Waals surface area contributed by atoms with E-state index in [2.05, 4.69) is 20.6 Å². The van der Waals surface area contributed by atoms with E-state index in [0.29, 0.717) is 17.3 Å². The van der Waals surface area contributed by atoms with Gasteiger partial charge in [-0.05, 0) is 32.0 Å². The molecule has 1 heterocycles. The summed E-state index contributed by atoms with van der Waals surface area (Å²) < 4.78 is 0. The number of hydrogen-bond donors (Lipinski definition) is 2. The first-order valence-electron chi connectivity index (χ1n) is 9.02. The summed E-state index contributed by atoms with van der Waals surface area (Å²) in [6.45, 7) is 3.76.